The van der Waals surface area contributed by atoms with Crippen LogP contribution in [0.3, 0.4) is 0 Å². The van der Waals surface area contributed by atoms with Crippen molar-refractivity contribution >= 4 is 23.4 Å². The zero-order valence-corrected chi connectivity index (χ0v) is 16.9. The largest absolute Gasteiger partial charge is 0.306 e. The first-order chi connectivity index (χ1) is 12.6. The number of nitrogens with zero attached hydrogens (tertiary/aromatic N) is 3. The van der Waals surface area contributed by atoms with Crippen LogP contribution in [0.15, 0.2) is 29.4 Å². The minimum Gasteiger partial charge on any atom is -0.306 e. The lowest BCUT2D eigenvalue weighted by molar-refractivity contribution is -0.0113. The summed E-state index contributed by atoms with van der Waals surface area (Å²) in [7, 11) is 0. The molecule has 4 aliphatic carbocycles. The molecule has 1 aromatic heterocycles. The molecule has 4 fully saturated rings. The molecule has 26 heavy (non-hydrogen) atoms. The maximum Gasteiger partial charge on any atom is 0.191 e. The standard InChI is InChI=1S/C21H26ClN3S/c1-2-25-19(21-10-15-7-16(11-21)9-17(8-15)12-21)23-24-20(25)26-13-14-3-5-18(22)6-4-14/h3-6,15-17H,2,7-13H2,1H3. The molecule has 0 amide bonds. The van der Waals surface area contributed by atoms with Crippen molar-refractivity contribution < 1.29 is 0 Å². The Hall–Kier alpha value is -1.00. The van der Waals surface area contributed by atoms with Crippen molar-refractivity contribution in [2.24, 2.45) is 17.8 Å². The molecule has 0 spiro atoms. The Kier molecular flexibility index (Phi) is 4.32. The summed E-state index contributed by atoms with van der Waals surface area (Å²) < 4.78 is 2.41. The lowest BCUT2D eigenvalue weighted by atomic mass is 9.49. The van der Waals surface area contributed by atoms with E-state index in [1.54, 1.807) is 11.8 Å². The van der Waals surface area contributed by atoms with Crippen LogP contribution in [0.5, 0.6) is 0 Å². The molecule has 4 bridgehead atoms. The number of aromatic nitrogens is 3. The quantitative estimate of drug-likeness (QED) is 0.615. The molecule has 0 aliphatic heterocycles. The van der Waals surface area contributed by atoms with Crippen molar-refractivity contribution in [2.45, 2.75) is 68.3 Å². The molecule has 4 aliphatic rings. The topological polar surface area (TPSA) is 30.7 Å². The van der Waals surface area contributed by atoms with Gasteiger partial charge in [0.2, 0.25) is 0 Å². The molecule has 1 heterocycles. The third kappa shape index (κ3) is 2.90. The summed E-state index contributed by atoms with van der Waals surface area (Å²) in [5.74, 6) is 5.02. The number of thioether (sulfide) groups is 1. The van der Waals surface area contributed by atoms with Crippen molar-refractivity contribution in [3.05, 3.63) is 40.7 Å². The average Bonchev–Trinajstić information content (AvgIpc) is 3.04. The Morgan fingerprint density at radius 2 is 1.65 bits per heavy atom. The van der Waals surface area contributed by atoms with Crippen LogP contribution < -0.4 is 0 Å². The molecular weight excluding hydrogens is 362 g/mol. The highest BCUT2D eigenvalue weighted by Gasteiger charge is 2.53. The normalized spacial score (nSPS) is 32.3. The Labute approximate surface area is 164 Å². The second kappa shape index (κ2) is 6.56. The molecule has 1 aromatic carbocycles. The molecule has 3 nitrogen and oxygen atoms in total. The van der Waals surface area contributed by atoms with Gasteiger partial charge in [-0.15, -0.1) is 10.2 Å². The van der Waals surface area contributed by atoms with Gasteiger partial charge in [0, 0.05) is 22.7 Å². The third-order valence-corrected chi connectivity index (χ3v) is 8.12. The molecule has 6 rings (SSSR count). The minimum atomic E-state index is 0.316. The van der Waals surface area contributed by atoms with Crippen molar-refractivity contribution in [3.8, 4) is 0 Å². The van der Waals surface area contributed by atoms with Gasteiger partial charge in [0.25, 0.3) is 0 Å². The molecular formula is C21H26ClN3S. The second-order valence-corrected chi connectivity index (χ2v) is 10.0. The highest BCUT2D eigenvalue weighted by molar-refractivity contribution is 7.98. The van der Waals surface area contributed by atoms with Crippen molar-refractivity contribution in [1.82, 2.24) is 14.8 Å². The number of hydrogen-bond acceptors (Lipinski definition) is 3. The predicted octanol–water partition coefficient (Wildman–Crippen LogP) is 5.71. The Bertz CT molecular complexity index is 763. The number of rotatable bonds is 5. The van der Waals surface area contributed by atoms with Gasteiger partial charge in [-0.05, 0) is 80.9 Å². The Morgan fingerprint density at radius 3 is 2.23 bits per heavy atom. The fraction of sp³-hybridized carbons (Fsp3) is 0.619. The van der Waals surface area contributed by atoms with Gasteiger partial charge in [-0.3, -0.25) is 0 Å². The van der Waals surface area contributed by atoms with Crippen LogP contribution in [-0.4, -0.2) is 14.8 Å². The van der Waals surface area contributed by atoms with Crippen LogP contribution in [0, 0.1) is 17.8 Å². The van der Waals surface area contributed by atoms with Gasteiger partial charge < -0.3 is 4.57 Å². The fourth-order valence-electron chi connectivity index (χ4n) is 6.19. The van der Waals surface area contributed by atoms with E-state index in [4.69, 9.17) is 16.7 Å². The lowest BCUT2D eigenvalue weighted by Crippen LogP contribution is -2.49. The van der Waals surface area contributed by atoms with Gasteiger partial charge in [-0.1, -0.05) is 35.5 Å². The van der Waals surface area contributed by atoms with E-state index < -0.39 is 0 Å². The van der Waals surface area contributed by atoms with Crippen LogP contribution in [0.4, 0.5) is 0 Å². The Balaban J connectivity index is 1.40. The highest BCUT2D eigenvalue weighted by Crippen LogP contribution is 2.60. The summed E-state index contributed by atoms with van der Waals surface area (Å²) in [6.07, 6.45) is 8.45. The summed E-state index contributed by atoms with van der Waals surface area (Å²) in [6.45, 7) is 3.20. The average molecular weight is 388 g/mol. The van der Waals surface area contributed by atoms with Gasteiger partial charge in [-0.2, -0.15) is 0 Å². The van der Waals surface area contributed by atoms with Crippen molar-refractivity contribution in [2.75, 3.05) is 0 Å². The van der Waals surface area contributed by atoms with Crippen LogP contribution >= 0.6 is 23.4 Å². The maximum atomic E-state index is 6.00. The number of benzene rings is 1. The first-order valence-electron chi connectivity index (χ1n) is 9.96. The molecule has 0 N–H and O–H groups in total. The minimum absolute atomic E-state index is 0.316. The summed E-state index contributed by atoms with van der Waals surface area (Å²) in [4.78, 5) is 0. The molecule has 4 saturated carbocycles. The van der Waals surface area contributed by atoms with E-state index in [1.807, 2.05) is 12.1 Å². The first kappa shape index (κ1) is 17.1. The maximum absolute atomic E-state index is 6.00. The summed E-state index contributed by atoms with van der Waals surface area (Å²) in [5, 5.41) is 11.3. The second-order valence-electron chi connectivity index (χ2n) is 8.66. The smallest absolute Gasteiger partial charge is 0.191 e. The number of halogens is 1. The summed E-state index contributed by atoms with van der Waals surface area (Å²) in [5.41, 5.74) is 1.60. The van der Waals surface area contributed by atoms with E-state index in [9.17, 15) is 0 Å². The molecule has 138 valence electrons. The highest BCUT2D eigenvalue weighted by atomic mass is 35.5. The van der Waals surface area contributed by atoms with E-state index in [-0.39, 0.29) is 0 Å². The monoisotopic (exact) mass is 387 g/mol. The van der Waals surface area contributed by atoms with E-state index in [2.05, 4.69) is 28.7 Å². The van der Waals surface area contributed by atoms with Gasteiger partial charge >= 0.3 is 0 Å². The molecule has 0 atom stereocenters. The lowest BCUT2D eigenvalue weighted by Gasteiger charge is -2.56. The Morgan fingerprint density at radius 1 is 1.04 bits per heavy atom. The van der Waals surface area contributed by atoms with Crippen LogP contribution in [0.25, 0.3) is 0 Å². The van der Waals surface area contributed by atoms with Crippen molar-refractivity contribution in [1.29, 1.82) is 0 Å². The zero-order chi connectivity index (χ0) is 17.7. The molecule has 0 radical (unpaired) electrons. The van der Waals surface area contributed by atoms with E-state index in [0.29, 0.717) is 5.41 Å². The fourth-order valence-corrected chi connectivity index (χ4v) is 7.27. The predicted molar refractivity (Wildman–Crippen MR) is 107 cm³/mol. The van der Waals surface area contributed by atoms with Gasteiger partial charge in [0.15, 0.2) is 5.16 Å². The molecule has 0 saturated heterocycles. The van der Waals surface area contributed by atoms with Crippen LogP contribution in [0.2, 0.25) is 5.02 Å². The van der Waals surface area contributed by atoms with Crippen molar-refractivity contribution in [3.63, 3.8) is 0 Å². The molecule has 2 aromatic rings. The number of hydrogen-bond donors (Lipinski definition) is 0. The van der Waals surface area contributed by atoms with Crippen LogP contribution in [-0.2, 0) is 17.7 Å². The zero-order valence-electron chi connectivity index (χ0n) is 15.3. The van der Waals surface area contributed by atoms with E-state index in [0.717, 1.165) is 40.2 Å². The van der Waals surface area contributed by atoms with Crippen LogP contribution in [0.1, 0.15) is 56.8 Å². The van der Waals surface area contributed by atoms with Gasteiger partial charge in [-0.25, -0.2) is 0 Å². The summed E-state index contributed by atoms with van der Waals surface area (Å²) >= 11 is 7.80. The summed E-state index contributed by atoms with van der Waals surface area (Å²) in [6, 6.07) is 8.12. The van der Waals surface area contributed by atoms with Gasteiger partial charge in [0.1, 0.15) is 5.82 Å². The molecule has 0 unspecified atom stereocenters. The van der Waals surface area contributed by atoms with E-state index >= 15 is 0 Å². The molecule has 5 heteroatoms. The van der Waals surface area contributed by atoms with Gasteiger partial charge in [0.05, 0.1) is 0 Å². The van der Waals surface area contributed by atoms with E-state index in [1.165, 1.54) is 49.9 Å². The third-order valence-electron chi connectivity index (χ3n) is 6.83. The SMILES string of the molecule is CCn1c(SCc2ccc(Cl)cc2)nnc1C12CC3CC(CC(C3)C1)C2. The first-order valence-corrected chi connectivity index (χ1v) is 11.3.